The van der Waals surface area contributed by atoms with Gasteiger partial charge in [-0.15, -0.1) is 0 Å². The molecule has 0 spiro atoms. The van der Waals surface area contributed by atoms with E-state index in [1.54, 1.807) is 0 Å². The van der Waals surface area contributed by atoms with Gasteiger partial charge in [-0.3, -0.25) is 9.69 Å². The molecule has 1 amide bonds. The van der Waals surface area contributed by atoms with E-state index in [0.29, 0.717) is 12.6 Å². The summed E-state index contributed by atoms with van der Waals surface area (Å²) in [5.74, 6) is 0.129. The maximum absolute atomic E-state index is 11.9. The molecule has 0 fully saturated rings. The first kappa shape index (κ1) is 16.4. The highest BCUT2D eigenvalue weighted by Gasteiger charge is 2.22. The fourth-order valence-electron chi connectivity index (χ4n) is 1.86. The Morgan fingerprint density at radius 1 is 1.29 bits per heavy atom. The van der Waals surface area contributed by atoms with Crippen LogP contribution in [0.2, 0.25) is 0 Å². The summed E-state index contributed by atoms with van der Waals surface area (Å²) in [7, 11) is 0. The first-order valence-corrected chi connectivity index (χ1v) is 6.78. The van der Waals surface area contributed by atoms with E-state index >= 15 is 0 Å². The van der Waals surface area contributed by atoms with Gasteiger partial charge in [0.1, 0.15) is 0 Å². The third-order valence-corrected chi connectivity index (χ3v) is 2.99. The van der Waals surface area contributed by atoms with Crippen LogP contribution in [-0.4, -0.2) is 42.5 Å². The number of carbonyl (C=O) groups is 1. The van der Waals surface area contributed by atoms with Crippen molar-refractivity contribution >= 4 is 5.91 Å². The quantitative estimate of drug-likeness (QED) is 0.601. The number of hydrogen-bond acceptors (Lipinski definition) is 3. The molecule has 0 heterocycles. The van der Waals surface area contributed by atoms with Crippen molar-refractivity contribution in [1.29, 1.82) is 0 Å². The van der Waals surface area contributed by atoms with Crippen LogP contribution in [0.25, 0.3) is 0 Å². The lowest BCUT2D eigenvalue weighted by molar-refractivity contribution is -0.126. The molecule has 4 nitrogen and oxygen atoms in total. The van der Waals surface area contributed by atoms with Crippen LogP contribution in [0, 0.1) is 0 Å². The van der Waals surface area contributed by atoms with Crippen molar-refractivity contribution in [2.24, 2.45) is 5.73 Å². The Morgan fingerprint density at radius 3 is 2.41 bits per heavy atom. The lowest BCUT2D eigenvalue weighted by atomic mass is 10.2. The van der Waals surface area contributed by atoms with Gasteiger partial charge in [-0.05, 0) is 40.2 Å². The standard InChI is InChI=1S/C13H29N3O/c1-5-6-9-15-13(17)12(4)16(11(2)3)10-7-8-14/h11-12H,5-10,14H2,1-4H3,(H,15,17). The normalized spacial score (nSPS) is 13.1. The van der Waals surface area contributed by atoms with Crippen molar-refractivity contribution < 1.29 is 4.79 Å². The van der Waals surface area contributed by atoms with Gasteiger partial charge in [-0.1, -0.05) is 13.3 Å². The predicted molar refractivity (Wildman–Crippen MR) is 72.9 cm³/mol. The molecule has 0 bridgehead atoms. The highest BCUT2D eigenvalue weighted by molar-refractivity contribution is 5.81. The Labute approximate surface area is 106 Å². The van der Waals surface area contributed by atoms with Crippen LogP contribution in [0.5, 0.6) is 0 Å². The van der Waals surface area contributed by atoms with Crippen molar-refractivity contribution in [1.82, 2.24) is 10.2 Å². The minimum absolute atomic E-state index is 0.0709. The summed E-state index contributed by atoms with van der Waals surface area (Å²) >= 11 is 0. The van der Waals surface area contributed by atoms with Gasteiger partial charge < -0.3 is 11.1 Å². The molecule has 0 radical (unpaired) electrons. The van der Waals surface area contributed by atoms with E-state index in [0.717, 1.165) is 32.4 Å². The molecule has 0 saturated heterocycles. The first-order chi connectivity index (χ1) is 8.04. The molecule has 1 unspecified atom stereocenters. The van der Waals surface area contributed by atoms with Crippen LogP contribution < -0.4 is 11.1 Å². The highest BCUT2D eigenvalue weighted by atomic mass is 16.2. The van der Waals surface area contributed by atoms with E-state index in [4.69, 9.17) is 5.73 Å². The van der Waals surface area contributed by atoms with Crippen LogP contribution in [0.15, 0.2) is 0 Å². The summed E-state index contributed by atoms with van der Waals surface area (Å²) in [6.07, 6.45) is 3.09. The Hall–Kier alpha value is -0.610. The van der Waals surface area contributed by atoms with Crippen molar-refractivity contribution in [2.45, 2.75) is 59.0 Å². The summed E-state index contributed by atoms with van der Waals surface area (Å²) in [5.41, 5.74) is 5.52. The Balaban J connectivity index is 4.18. The van der Waals surface area contributed by atoms with Gasteiger partial charge in [-0.25, -0.2) is 0 Å². The molecule has 0 aliphatic rings. The van der Waals surface area contributed by atoms with Gasteiger partial charge in [0.25, 0.3) is 0 Å². The lowest BCUT2D eigenvalue weighted by Gasteiger charge is -2.31. The Morgan fingerprint density at radius 2 is 1.94 bits per heavy atom. The second kappa shape index (κ2) is 9.42. The summed E-state index contributed by atoms with van der Waals surface area (Å²) in [4.78, 5) is 14.1. The maximum Gasteiger partial charge on any atom is 0.237 e. The summed E-state index contributed by atoms with van der Waals surface area (Å²) < 4.78 is 0. The molecule has 3 N–H and O–H groups in total. The summed E-state index contributed by atoms with van der Waals surface area (Å²) in [5, 5.41) is 2.98. The molecule has 0 aliphatic heterocycles. The van der Waals surface area contributed by atoms with E-state index in [9.17, 15) is 4.79 Å². The molecular formula is C13H29N3O. The number of amides is 1. The molecule has 4 heteroatoms. The monoisotopic (exact) mass is 243 g/mol. The fourth-order valence-corrected chi connectivity index (χ4v) is 1.86. The number of nitrogens with two attached hydrogens (primary N) is 1. The largest absolute Gasteiger partial charge is 0.355 e. The summed E-state index contributed by atoms with van der Waals surface area (Å²) in [6, 6.07) is 0.298. The van der Waals surface area contributed by atoms with Gasteiger partial charge in [0.05, 0.1) is 6.04 Å². The molecule has 0 aliphatic carbocycles. The van der Waals surface area contributed by atoms with Gasteiger partial charge in [0.15, 0.2) is 0 Å². The summed E-state index contributed by atoms with van der Waals surface area (Å²) in [6.45, 7) is 10.7. The maximum atomic E-state index is 11.9. The lowest BCUT2D eigenvalue weighted by Crippen LogP contribution is -2.48. The molecule has 0 rings (SSSR count). The molecule has 102 valence electrons. The topological polar surface area (TPSA) is 58.4 Å². The number of hydrogen-bond donors (Lipinski definition) is 2. The van der Waals surface area contributed by atoms with E-state index < -0.39 is 0 Å². The molecule has 1 atom stereocenters. The van der Waals surface area contributed by atoms with Crippen molar-refractivity contribution in [3.8, 4) is 0 Å². The number of nitrogens with one attached hydrogen (secondary N) is 1. The smallest absolute Gasteiger partial charge is 0.237 e. The van der Waals surface area contributed by atoms with Crippen LogP contribution in [0.4, 0.5) is 0 Å². The zero-order valence-electron chi connectivity index (χ0n) is 11.8. The zero-order chi connectivity index (χ0) is 13.3. The van der Waals surface area contributed by atoms with Gasteiger partial charge in [0, 0.05) is 19.1 Å². The Bertz CT molecular complexity index is 207. The van der Waals surface area contributed by atoms with Gasteiger partial charge >= 0.3 is 0 Å². The van der Waals surface area contributed by atoms with Crippen LogP contribution in [0.3, 0.4) is 0 Å². The van der Waals surface area contributed by atoms with Crippen molar-refractivity contribution in [3.05, 3.63) is 0 Å². The molecule has 0 aromatic heterocycles. The molecular weight excluding hydrogens is 214 g/mol. The van der Waals surface area contributed by atoms with E-state index in [1.807, 2.05) is 6.92 Å². The van der Waals surface area contributed by atoms with E-state index in [1.165, 1.54) is 0 Å². The molecule has 0 saturated carbocycles. The number of nitrogens with zero attached hydrogens (tertiary/aromatic N) is 1. The average Bonchev–Trinajstić information content (AvgIpc) is 2.29. The zero-order valence-corrected chi connectivity index (χ0v) is 11.8. The molecule has 17 heavy (non-hydrogen) atoms. The second-order valence-electron chi connectivity index (χ2n) is 4.79. The predicted octanol–water partition coefficient (Wildman–Crippen LogP) is 1.35. The second-order valence-corrected chi connectivity index (χ2v) is 4.79. The Kier molecular flexibility index (Phi) is 9.09. The third-order valence-electron chi connectivity index (χ3n) is 2.99. The van der Waals surface area contributed by atoms with Crippen LogP contribution >= 0.6 is 0 Å². The van der Waals surface area contributed by atoms with Crippen molar-refractivity contribution in [3.63, 3.8) is 0 Å². The van der Waals surface area contributed by atoms with Crippen molar-refractivity contribution in [2.75, 3.05) is 19.6 Å². The van der Waals surface area contributed by atoms with E-state index in [-0.39, 0.29) is 11.9 Å². The van der Waals surface area contributed by atoms with Crippen LogP contribution in [0.1, 0.15) is 47.0 Å². The molecule has 0 aromatic rings. The highest BCUT2D eigenvalue weighted by Crippen LogP contribution is 2.06. The van der Waals surface area contributed by atoms with Crippen LogP contribution in [-0.2, 0) is 4.79 Å². The average molecular weight is 243 g/mol. The molecule has 0 aromatic carbocycles. The minimum Gasteiger partial charge on any atom is -0.355 e. The number of unbranched alkanes of at least 4 members (excludes halogenated alkanes) is 1. The fraction of sp³-hybridized carbons (Fsp3) is 0.923. The number of carbonyl (C=O) groups excluding carboxylic acids is 1. The van der Waals surface area contributed by atoms with E-state index in [2.05, 4.69) is 31.0 Å². The van der Waals surface area contributed by atoms with Gasteiger partial charge in [0.2, 0.25) is 5.91 Å². The third kappa shape index (κ3) is 6.64. The minimum atomic E-state index is -0.0709. The first-order valence-electron chi connectivity index (χ1n) is 6.78. The number of rotatable bonds is 9. The van der Waals surface area contributed by atoms with Gasteiger partial charge in [-0.2, -0.15) is 0 Å². The SMILES string of the molecule is CCCCNC(=O)C(C)N(CCCN)C(C)C.